The van der Waals surface area contributed by atoms with Gasteiger partial charge >= 0.3 is 0 Å². The minimum absolute atomic E-state index is 0.00861. The molecule has 1 aliphatic heterocycles. The zero-order chi connectivity index (χ0) is 20.8. The molecule has 1 N–H and O–H groups in total. The fraction of sp³-hybridized carbons (Fsp3) is 0. The third-order valence-corrected chi connectivity index (χ3v) is 5.43. The summed E-state index contributed by atoms with van der Waals surface area (Å²) < 4.78 is 5.84. The first-order valence-corrected chi connectivity index (χ1v) is 9.88. The van der Waals surface area contributed by atoms with Gasteiger partial charge in [0.25, 0.3) is 11.8 Å². The number of rotatable bonds is 2. The van der Waals surface area contributed by atoms with Crippen LogP contribution in [0.1, 0.15) is 5.56 Å². The number of fused-ring (bicyclic) bond motifs is 3. The number of furan rings is 1. The molecule has 5 nitrogen and oxygen atoms in total. The van der Waals surface area contributed by atoms with E-state index in [1.54, 1.807) is 36.4 Å². The Morgan fingerprint density at radius 3 is 2.47 bits per heavy atom. The van der Waals surface area contributed by atoms with Crippen molar-refractivity contribution in [3.05, 3.63) is 82.9 Å². The molecule has 0 saturated carbocycles. The van der Waals surface area contributed by atoms with E-state index in [-0.39, 0.29) is 10.7 Å². The van der Waals surface area contributed by atoms with Crippen molar-refractivity contribution in [1.29, 1.82) is 0 Å². The van der Waals surface area contributed by atoms with Gasteiger partial charge in [0.1, 0.15) is 16.7 Å². The van der Waals surface area contributed by atoms with Crippen molar-refractivity contribution in [3.63, 3.8) is 0 Å². The summed E-state index contributed by atoms with van der Waals surface area (Å²) in [5, 5.41) is 5.03. The second-order valence-electron chi connectivity index (χ2n) is 6.79. The van der Waals surface area contributed by atoms with Gasteiger partial charge < -0.3 is 4.42 Å². The number of thiocarbonyl (C=S) groups is 1. The molecule has 0 radical (unpaired) electrons. The van der Waals surface area contributed by atoms with Crippen LogP contribution in [0.25, 0.3) is 28.0 Å². The molecule has 7 heteroatoms. The summed E-state index contributed by atoms with van der Waals surface area (Å²) in [6.07, 6.45) is 1.56. The maximum Gasteiger partial charge on any atom is 0.270 e. The van der Waals surface area contributed by atoms with Crippen molar-refractivity contribution in [2.45, 2.75) is 0 Å². The van der Waals surface area contributed by atoms with E-state index in [1.165, 1.54) is 4.90 Å². The molecule has 0 spiro atoms. The maximum atomic E-state index is 13.1. The van der Waals surface area contributed by atoms with Gasteiger partial charge in [0.15, 0.2) is 5.11 Å². The smallest absolute Gasteiger partial charge is 0.270 e. The molecular weight excluding hydrogens is 420 g/mol. The number of anilines is 1. The van der Waals surface area contributed by atoms with E-state index < -0.39 is 11.8 Å². The van der Waals surface area contributed by atoms with E-state index >= 15 is 0 Å². The normalized spacial score (nSPS) is 16.0. The molecule has 5 rings (SSSR count). The zero-order valence-corrected chi connectivity index (χ0v) is 17.0. The van der Waals surface area contributed by atoms with E-state index in [0.717, 1.165) is 21.9 Å². The molecule has 2 amide bonds. The number of para-hydroxylation sites is 1. The SMILES string of the molecule is O=C1NC(=S)N(c2ccc(Cl)cc2)C(=O)/C1=C/c1ccc2oc3ccccc3c2c1. The Morgan fingerprint density at radius 1 is 0.933 bits per heavy atom. The summed E-state index contributed by atoms with van der Waals surface area (Å²) in [4.78, 5) is 26.9. The number of carbonyl (C=O) groups excluding carboxylic acids is 2. The van der Waals surface area contributed by atoms with Gasteiger partial charge in [-0.2, -0.15) is 0 Å². The van der Waals surface area contributed by atoms with Crippen LogP contribution in [0.15, 0.2) is 76.7 Å². The van der Waals surface area contributed by atoms with Gasteiger partial charge in [0.05, 0.1) is 5.69 Å². The van der Waals surface area contributed by atoms with Gasteiger partial charge in [0.2, 0.25) is 0 Å². The molecule has 1 aliphatic rings. The summed E-state index contributed by atoms with van der Waals surface area (Å²) in [7, 11) is 0. The van der Waals surface area contributed by atoms with Crippen LogP contribution < -0.4 is 10.2 Å². The van der Waals surface area contributed by atoms with Crippen LogP contribution in [0.5, 0.6) is 0 Å². The molecule has 0 atom stereocenters. The zero-order valence-electron chi connectivity index (χ0n) is 15.4. The summed E-state index contributed by atoms with van der Waals surface area (Å²) >= 11 is 11.2. The third-order valence-electron chi connectivity index (χ3n) is 4.90. The number of halogens is 1. The van der Waals surface area contributed by atoms with E-state index in [0.29, 0.717) is 16.3 Å². The Morgan fingerprint density at radius 2 is 1.67 bits per heavy atom. The third kappa shape index (κ3) is 3.07. The van der Waals surface area contributed by atoms with Crippen molar-refractivity contribution in [3.8, 4) is 0 Å². The van der Waals surface area contributed by atoms with Crippen LogP contribution >= 0.6 is 23.8 Å². The van der Waals surface area contributed by atoms with Gasteiger partial charge in [-0.3, -0.25) is 19.8 Å². The van der Waals surface area contributed by atoms with E-state index in [1.807, 2.05) is 36.4 Å². The van der Waals surface area contributed by atoms with Gasteiger partial charge in [-0.05, 0) is 66.3 Å². The van der Waals surface area contributed by atoms with Crippen LogP contribution in [-0.4, -0.2) is 16.9 Å². The van der Waals surface area contributed by atoms with Crippen LogP contribution in [-0.2, 0) is 9.59 Å². The molecule has 146 valence electrons. The number of nitrogens with one attached hydrogen (secondary N) is 1. The van der Waals surface area contributed by atoms with Gasteiger partial charge in [0, 0.05) is 15.8 Å². The summed E-state index contributed by atoms with van der Waals surface area (Å²) in [5.74, 6) is -1.03. The van der Waals surface area contributed by atoms with Crippen LogP contribution in [0.3, 0.4) is 0 Å². The first-order chi connectivity index (χ1) is 14.5. The largest absolute Gasteiger partial charge is 0.456 e. The quantitative estimate of drug-likeness (QED) is 0.273. The van der Waals surface area contributed by atoms with Crippen molar-refractivity contribution in [1.82, 2.24) is 5.32 Å². The molecule has 3 aromatic carbocycles. The Labute approximate surface area is 181 Å². The highest BCUT2D eigenvalue weighted by atomic mass is 35.5. The van der Waals surface area contributed by atoms with Crippen LogP contribution in [0, 0.1) is 0 Å². The van der Waals surface area contributed by atoms with Crippen molar-refractivity contribution in [2.24, 2.45) is 0 Å². The lowest BCUT2D eigenvalue weighted by Crippen LogP contribution is -2.54. The first-order valence-electron chi connectivity index (χ1n) is 9.09. The Bertz CT molecular complexity index is 1390. The predicted molar refractivity (Wildman–Crippen MR) is 121 cm³/mol. The first kappa shape index (κ1) is 18.5. The summed E-state index contributed by atoms with van der Waals surface area (Å²) in [6, 6.07) is 19.9. The van der Waals surface area contributed by atoms with E-state index in [9.17, 15) is 9.59 Å². The fourth-order valence-corrected chi connectivity index (χ4v) is 3.89. The lowest BCUT2D eigenvalue weighted by Gasteiger charge is -2.28. The minimum Gasteiger partial charge on any atom is -0.456 e. The summed E-state index contributed by atoms with van der Waals surface area (Å²) in [5.41, 5.74) is 2.74. The molecule has 1 aromatic heterocycles. The Kier molecular flexibility index (Phi) is 4.38. The topological polar surface area (TPSA) is 62.6 Å². The molecule has 30 heavy (non-hydrogen) atoms. The average molecular weight is 433 g/mol. The number of benzene rings is 3. The molecule has 1 fully saturated rings. The van der Waals surface area contributed by atoms with Crippen LogP contribution in [0.4, 0.5) is 5.69 Å². The molecule has 2 heterocycles. The van der Waals surface area contributed by atoms with Crippen molar-refractivity contribution >= 4 is 74.4 Å². The van der Waals surface area contributed by atoms with E-state index in [2.05, 4.69) is 5.32 Å². The Balaban J connectivity index is 1.58. The number of carbonyl (C=O) groups is 2. The maximum absolute atomic E-state index is 13.1. The van der Waals surface area contributed by atoms with Gasteiger partial charge in [-0.15, -0.1) is 0 Å². The van der Waals surface area contributed by atoms with Crippen molar-refractivity contribution in [2.75, 3.05) is 4.90 Å². The molecular formula is C23H13ClN2O3S. The molecule has 0 aliphatic carbocycles. The molecule has 0 unspecified atom stereocenters. The highest BCUT2D eigenvalue weighted by Gasteiger charge is 2.34. The second kappa shape index (κ2) is 7.09. The van der Waals surface area contributed by atoms with Gasteiger partial charge in [-0.25, -0.2) is 0 Å². The number of hydrogen-bond donors (Lipinski definition) is 1. The molecule has 1 saturated heterocycles. The fourth-order valence-electron chi connectivity index (χ4n) is 3.48. The lowest BCUT2D eigenvalue weighted by atomic mass is 10.0. The van der Waals surface area contributed by atoms with Crippen LogP contribution in [0.2, 0.25) is 5.02 Å². The minimum atomic E-state index is -0.535. The standard InChI is InChI=1S/C23H13ClN2O3S/c24-14-6-8-15(9-7-14)26-22(28)18(21(27)25-23(26)30)12-13-5-10-20-17(11-13)16-3-1-2-4-19(16)29-20/h1-12H,(H,25,27,30)/b18-12+. The van der Waals surface area contributed by atoms with Gasteiger partial charge in [-0.1, -0.05) is 35.9 Å². The molecule has 0 bridgehead atoms. The predicted octanol–water partition coefficient (Wildman–Crippen LogP) is 5.07. The Hall–Kier alpha value is -3.48. The average Bonchev–Trinajstić information content (AvgIpc) is 3.10. The number of amides is 2. The van der Waals surface area contributed by atoms with E-state index in [4.69, 9.17) is 28.2 Å². The summed E-state index contributed by atoms with van der Waals surface area (Å²) in [6.45, 7) is 0. The highest BCUT2D eigenvalue weighted by molar-refractivity contribution is 7.80. The second-order valence-corrected chi connectivity index (χ2v) is 7.61. The lowest BCUT2D eigenvalue weighted by molar-refractivity contribution is -0.122. The highest BCUT2D eigenvalue weighted by Crippen LogP contribution is 2.30. The number of hydrogen-bond acceptors (Lipinski definition) is 4. The monoisotopic (exact) mass is 432 g/mol. The number of nitrogens with zero attached hydrogens (tertiary/aromatic N) is 1. The van der Waals surface area contributed by atoms with Crippen molar-refractivity contribution < 1.29 is 14.0 Å². The molecule has 4 aromatic rings.